The number of rotatable bonds is 5. The van der Waals surface area contributed by atoms with Crippen molar-refractivity contribution >= 4 is 32.7 Å². The average molecular weight is 602 g/mol. The van der Waals surface area contributed by atoms with E-state index < -0.39 is 0 Å². The molecule has 0 saturated heterocycles. The molecule has 0 amide bonds. The quantitative estimate of drug-likeness (QED) is 0.197. The van der Waals surface area contributed by atoms with Gasteiger partial charge in [-0.05, 0) is 57.3 Å². The van der Waals surface area contributed by atoms with Crippen LogP contribution >= 0.6 is 0 Å². The van der Waals surface area contributed by atoms with E-state index in [0.717, 1.165) is 55.1 Å². The summed E-state index contributed by atoms with van der Waals surface area (Å²) in [5.74, 6) is 1.85. The van der Waals surface area contributed by atoms with E-state index in [0.29, 0.717) is 17.5 Å². The fourth-order valence-electron chi connectivity index (χ4n) is 6.25. The molecule has 4 heteroatoms. The lowest BCUT2D eigenvalue weighted by Crippen LogP contribution is -2.00. The van der Waals surface area contributed by atoms with Crippen molar-refractivity contribution < 1.29 is 4.42 Å². The molecule has 0 fully saturated rings. The molecule has 0 bridgehead atoms. The van der Waals surface area contributed by atoms with E-state index in [1.54, 1.807) is 0 Å². The van der Waals surface area contributed by atoms with Gasteiger partial charge in [0.25, 0.3) is 0 Å². The molecule has 0 aliphatic rings. The van der Waals surface area contributed by atoms with Crippen LogP contribution in [0, 0.1) is 0 Å². The minimum Gasteiger partial charge on any atom is -0.456 e. The molecule has 0 saturated carbocycles. The minimum atomic E-state index is 0.599. The molecule has 0 unspecified atom stereocenters. The van der Waals surface area contributed by atoms with Crippen molar-refractivity contribution in [2.75, 3.05) is 0 Å². The van der Waals surface area contributed by atoms with Gasteiger partial charge in [-0.15, -0.1) is 0 Å². The van der Waals surface area contributed by atoms with Crippen LogP contribution in [0.4, 0.5) is 0 Å². The number of hydrogen-bond donors (Lipinski definition) is 0. The predicted molar refractivity (Wildman–Crippen MR) is 192 cm³/mol. The summed E-state index contributed by atoms with van der Waals surface area (Å²) in [7, 11) is 0. The Balaban J connectivity index is 1.10. The van der Waals surface area contributed by atoms with Crippen LogP contribution in [0.1, 0.15) is 0 Å². The van der Waals surface area contributed by atoms with Crippen molar-refractivity contribution in [2.24, 2.45) is 0 Å². The van der Waals surface area contributed by atoms with Crippen LogP contribution in [0.15, 0.2) is 168 Å². The predicted octanol–water partition coefficient (Wildman–Crippen LogP) is 11.3. The summed E-state index contributed by atoms with van der Waals surface area (Å²) < 4.78 is 6.37. The van der Waals surface area contributed by atoms with Gasteiger partial charge in [0.2, 0.25) is 0 Å². The first-order valence-electron chi connectivity index (χ1n) is 15.7. The molecule has 0 radical (unpaired) electrons. The smallest absolute Gasteiger partial charge is 0.164 e. The van der Waals surface area contributed by atoms with Gasteiger partial charge in [-0.25, -0.2) is 15.0 Å². The highest BCUT2D eigenvalue weighted by Gasteiger charge is 2.15. The summed E-state index contributed by atoms with van der Waals surface area (Å²) in [6, 6.07) is 56.5. The summed E-state index contributed by atoms with van der Waals surface area (Å²) >= 11 is 0. The van der Waals surface area contributed by atoms with Gasteiger partial charge in [0, 0.05) is 27.5 Å². The molecule has 0 aliphatic heterocycles. The Morgan fingerprint density at radius 3 is 1.30 bits per heavy atom. The molecule has 4 nitrogen and oxygen atoms in total. The van der Waals surface area contributed by atoms with Gasteiger partial charge >= 0.3 is 0 Å². The van der Waals surface area contributed by atoms with Gasteiger partial charge < -0.3 is 4.42 Å². The number of furan rings is 1. The third-order valence-corrected chi connectivity index (χ3v) is 8.73. The Morgan fingerprint density at radius 2 is 0.702 bits per heavy atom. The zero-order valence-electron chi connectivity index (χ0n) is 25.3. The van der Waals surface area contributed by atoms with Crippen molar-refractivity contribution in [3.8, 4) is 56.4 Å². The van der Waals surface area contributed by atoms with E-state index in [1.807, 2.05) is 42.5 Å². The van der Waals surface area contributed by atoms with Crippen LogP contribution in [0.25, 0.3) is 89.1 Å². The molecule has 7 aromatic carbocycles. The first-order valence-corrected chi connectivity index (χ1v) is 15.7. The van der Waals surface area contributed by atoms with Gasteiger partial charge in [0.15, 0.2) is 17.5 Å². The number of aromatic nitrogens is 3. The molecular weight excluding hydrogens is 574 g/mol. The van der Waals surface area contributed by atoms with Crippen LogP contribution in [0.2, 0.25) is 0 Å². The monoisotopic (exact) mass is 601 g/mol. The lowest BCUT2D eigenvalue weighted by atomic mass is 9.99. The van der Waals surface area contributed by atoms with Gasteiger partial charge in [-0.3, -0.25) is 0 Å². The summed E-state index contributed by atoms with van der Waals surface area (Å²) in [6.07, 6.45) is 0. The van der Waals surface area contributed by atoms with E-state index in [9.17, 15) is 0 Å². The molecule has 0 aliphatic carbocycles. The van der Waals surface area contributed by atoms with Crippen molar-refractivity contribution in [1.29, 1.82) is 0 Å². The van der Waals surface area contributed by atoms with Crippen molar-refractivity contribution in [2.45, 2.75) is 0 Å². The molecule has 47 heavy (non-hydrogen) atoms. The summed E-state index contributed by atoms with van der Waals surface area (Å²) in [5.41, 5.74) is 9.10. The molecule has 9 aromatic rings. The number of fused-ring (bicyclic) bond motifs is 4. The Morgan fingerprint density at radius 1 is 0.298 bits per heavy atom. The summed E-state index contributed by atoms with van der Waals surface area (Å²) in [6.45, 7) is 0. The van der Waals surface area contributed by atoms with Crippen LogP contribution in [0.3, 0.4) is 0 Å². The van der Waals surface area contributed by atoms with E-state index in [4.69, 9.17) is 19.4 Å². The maximum absolute atomic E-state index is 6.37. The zero-order valence-corrected chi connectivity index (χ0v) is 25.3. The lowest BCUT2D eigenvalue weighted by Gasteiger charge is -2.09. The molecular formula is C43H27N3O. The Labute approximate surface area is 271 Å². The highest BCUT2D eigenvalue weighted by Crippen LogP contribution is 2.35. The normalized spacial score (nSPS) is 11.4. The first kappa shape index (κ1) is 27.0. The lowest BCUT2D eigenvalue weighted by molar-refractivity contribution is 0.669. The van der Waals surface area contributed by atoms with Crippen LogP contribution in [0.5, 0.6) is 0 Å². The van der Waals surface area contributed by atoms with Gasteiger partial charge in [0.1, 0.15) is 11.2 Å². The minimum absolute atomic E-state index is 0.599. The largest absolute Gasteiger partial charge is 0.456 e. The fraction of sp³-hybridized carbons (Fsp3) is 0. The molecule has 9 rings (SSSR count). The molecule has 2 aromatic heterocycles. The third kappa shape index (κ3) is 5.02. The van der Waals surface area contributed by atoms with Crippen molar-refractivity contribution in [3.63, 3.8) is 0 Å². The van der Waals surface area contributed by atoms with Crippen LogP contribution in [-0.4, -0.2) is 15.0 Å². The highest BCUT2D eigenvalue weighted by molar-refractivity contribution is 6.10. The third-order valence-electron chi connectivity index (χ3n) is 8.73. The maximum Gasteiger partial charge on any atom is 0.164 e. The molecule has 0 N–H and O–H groups in total. The van der Waals surface area contributed by atoms with Gasteiger partial charge in [0.05, 0.1) is 0 Å². The second-order valence-electron chi connectivity index (χ2n) is 11.7. The fourth-order valence-corrected chi connectivity index (χ4v) is 6.25. The second-order valence-corrected chi connectivity index (χ2v) is 11.7. The standard InChI is InChI=1S/C43H27N3O/c1-3-9-28(10-4-1)29-15-17-30(18-16-29)31-19-21-33(22-20-31)42-44-41(32-11-5-2-6-12-32)45-43(46-42)36-23-24-37-38-25-34-13-7-8-14-35(34)26-40(38)47-39(37)27-36/h1-27H. The summed E-state index contributed by atoms with van der Waals surface area (Å²) in [4.78, 5) is 14.9. The average Bonchev–Trinajstić information content (AvgIpc) is 3.51. The Bertz CT molecular complexity index is 2540. The van der Waals surface area contributed by atoms with E-state index in [1.165, 1.54) is 16.5 Å². The van der Waals surface area contributed by atoms with Crippen molar-refractivity contribution in [3.05, 3.63) is 164 Å². The van der Waals surface area contributed by atoms with Gasteiger partial charge in [-0.2, -0.15) is 0 Å². The Kier molecular flexibility index (Phi) is 6.43. The van der Waals surface area contributed by atoms with E-state index in [2.05, 4.69) is 121 Å². The number of benzene rings is 7. The highest BCUT2D eigenvalue weighted by atomic mass is 16.3. The van der Waals surface area contributed by atoms with E-state index in [-0.39, 0.29) is 0 Å². The van der Waals surface area contributed by atoms with Gasteiger partial charge in [-0.1, -0.05) is 140 Å². The molecule has 2 heterocycles. The van der Waals surface area contributed by atoms with Crippen LogP contribution in [-0.2, 0) is 0 Å². The molecule has 0 spiro atoms. The first-order chi connectivity index (χ1) is 23.2. The number of nitrogens with zero attached hydrogens (tertiary/aromatic N) is 3. The zero-order chi connectivity index (χ0) is 31.2. The second kappa shape index (κ2) is 11.2. The number of hydrogen-bond acceptors (Lipinski definition) is 4. The summed E-state index contributed by atoms with van der Waals surface area (Å²) in [5, 5.41) is 4.52. The Hall–Kier alpha value is -6.39. The maximum atomic E-state index is 6.37. The SMILES string of the molecule is c1ccc(-c2ccc(-c3ccc(-c4nc(-c5ccccc5)nc(-c5ccc6c(c5)oc5cc7ccccc7cc56)n4)cc3)cc2)cc1. The topological polar surface area (TPSA) is 51.8 Å². The molecule has 220 valence electrons. The van der Waals surface area contributed by atoms with E-state index >= 15 is 0 Å². The molecule has 0 atom stereocenters. The van der Waals surface area contributed by atoms with Crippen molar-refractivity contribution in [1.82, 2.24) is 15.0 Å². The van der Waals surface area contributed by atoms with Crippen LogP contribution < -0.4 is 0 Å².